The average Bonchev–Trinajstić information content (AvgIpc) is 1.56. The first-order valence-corrected chi connectivity index (χ1v) is 31.9. The molecule has 0 bridgehead atoms. The van der Waals surface area contributed by atoms with Gasteiger partial charge < -0.3 is 27.4 Å². The molecule has 438 valence electrons. The summed E-state index contributed by atoms with van der Waals surface area (Å²) in [5.74, 6) is -1.27. The van der Waals surface area contributed by atoms with Crippen molar-refractivity contribution in [3.05, 3.63) is 314 Å². The smallest absolute Gasteiger partial charge is 0.126 e. The van der Waals surface area contributed by atoms with Gasteiger partial charge in [0.2, 0.25) is 0 Å². The molecule has 6 heterocycles. The van der Waals surface area contributed by atoms with E-state index in [1.807, 2.05) is 0 Å². The lowest BCUT2D eigenvalue weighted by molar-refractivity contribution is 0.584. The van der Waals surface area contributed by atoms with Gasteiger partial charge in [0.25, 0.3) is 0 Å². The molecule has 13 aromatic carbocycles. The summed E-state index contributed by atoms with van der Waals surface area (Å²) in [4.78, 5) is 0. The number of allylic oxidation sites excluding steroid dienone is 1. The van der Waals surface area contributed by atoms with E-state index in [-0.39, 0.29) is 6.04 Å². The Hall–Kier alpha value is -12.0. The molecular weight excluding hydrogens is 1140 g/mol. The normalized spacial score (nSPS) is 13.6. The molecule has 1 unspecified atom stereocenters. The van der Waals surface area contributed by atoms with Crippen LogP contribution in [0.25, 0.3) is 166 Å². The molecule has 1 aliphatic rings. The molecule has 0 saturated carbocycles. The lowest BCUT2D eigenvalue weighted by Gasteiger charge is -2.25. The minimum absolute atomic E-state index is 0.0939. The second-order valence-electron chi connectivity index (χ2n) is 25.1. The molecule has 0 amide bonds. The van der Waals surface area contributed by atoms with Crippen molar-refractivity contribution in [2.45, 2.75) is 19.4 Å². The maximum Gasteiger partial charge on any atom is 0.126 e. The number of fused-ring (bicyclic) bond motifs is 18. The van der Waals surface area contributed by atoms with Gasteiger partial charge in [0.1, 0.15) is 11.6 Å². The predicted octanol–water partition coefficient (Wildman–Crippen LogP) is 22.2. The minimum atomic E-state index is -0.633. The second kappa shape index (κ2) is 19.5. The molecule has 6 nitrogen and oxygen atoms in total. The second-order valence-corrected chi connectivity index (χ2v) is 25.1. The lowest BCUT2D eigenvalue weighted by atomic mass is 9.96. The molecular formula is C85H54F2N6. The highest BCUT2D eigenvalue weighted by Crippen LogP contribution is 2.47. The third-order valence-electron chi connectivity index (χ3n) is 20.2. The largest absolute Gasteiger partial charge is 0.333 e. The molecule has 0 aliphatic heterocycles. The third kappa shape index (κ3) is 7.43. The molecule has 0 fully saturated rings. The molecule has 93 heavy (non-hydrogen) atoms. The van der Waals surface area contributed by atoms with Crippen LogP contribution in [-0.4, -0.2) is 27.4 Å². The van der Waals surface area contributed by atoms with E-state index in [1.54, 1.807) is 0 Å². The third-order valence-corrected chi connectivity index (χ3v) is 20.2. The van der Waals surface area contributed by atoms with E-state index in [2.05, 4.69) is 307 Å². The van der Waals surface area contributed by atoms with Gasteiger partial charge in [0.15, 0.2) is 0 Å². The maximum atomic E-state index is 15.9. The molecule has 0 N–H and O–H groups in total. The van der Waals surface area contributed by atoms with Crippen LogP contribution in [0.15, 0.2) is 285 Å². The number of benzene rings is 13. The van der Waals surface area contributed by atoms with Gasteiger partial charge in [-0.15, -0.1) is 0 Å². The van der Waals surface area contributed by atoms with Crippen molar-refractivity contribution >= 4 is 126 Å². The van der Waals surface area contributed by atoms with Gasteiger partial charge in [0, 0.05) is 111 Å². The fourth-order valence-electron chi connectivity index (χ4n) is 16.3. The summed E-state index contributed by atoms with van der Waals surface area (Å²) < 4.78 is 46.6. The highest BCUT2D eigenvalue weighted by molar-refractivity contribution is 6.15. The van der Waals surface area contributed by atoms with Crippen molar-refractivity contribution in [3.8, 4) is 39.6 Å². The summed E-state index contributed by atoms with van der Waals surface area (Å²) in [6.45, 7) is 2.08. The van der Waals surface area contributed by atoms with Crippen LogP contribution >= 0.6 is 0 Å². The molecule has 1 aliphatic carbocycles. The molecule has 8 heteroatoms. The number of hydrogen-bond donors (Lipinski definition) is 0. The van der Waals surface area contributed by atoms with Crippen molar-refractivity contribution < 1.29 is 8.78 Å². The van der Waals surface area contributed by atoms with E-state index >= 15 is 8.78 Å². The highest BCUT2D eigenvalue weighted by Gasteiger charge is 2.30. The summed E-state index contributed by atoms with van der Waals surface area (Å²) in [6.07, 6.45) is 5.37. The maximum absolute atomic E-state index is 15.9. The molecule has 0 spiro atoms. The molecule has 6 aromatic heterocycles. The molecule has 20 rings (SSSR count). The Morgan fingerprint density at radius 1 is 0.301 bits per heavy atom. The zero-order valence-electron chi connectivity index (χ0n) is 50.4. The Bertz CT molecular complexity index is 6070. The van der Waals surface area contributed by atoms with E-state index in [0.29, 0.717) is 12.0 Å². The van der Waals surface area contributed by atoms with Crippen molar-refractivity contribution in [3.63, 3.8) is 0 Å². The average molecular weight is 1200 g/mol. The van der Waals surface area contributed by atoms with Gasteiger partial charge in [-0.1, -0.05) is 176 Å². The predicted molar refractivity (Wildman–Crippen MR) is 382 cm³/mol. The first-order chi connectivity index (χ1) is 45.9. The van der Waals surface area contributed by atoms with Gasteiger partial charge in [-0.3, -0.25) is 0 Å². The van der Waals surface area contributed by atoms with Crippen molar-refractivity contribution in [2.24, 2.45) is 0 Å². The van der Waals surface area contributed by atoms with Crippen LogP contribution in [0.2, 0.25) is 0 Å². The number of halogens is 2. The summed E-state index contributed by atoms with van der Waals surface area (Å²) in [7, 11) is 0. The Kier molecular flexibility index (Phi) is 10.9. The van der Waals surface area contributed by atoms with Crippen LogP contribution in [0, 0.1) is 18.6 Å². The van der Waals surface area contributed by atoms with Crippen molar-refractivity contribution in [1.82, 2.24) is 27.4 Å². The summed E-state index contributed by atoms with van der Waals surface area (Å²) in [5.41, 5.74) is 21.2. The van der Waals surface area contributed by atoms with Gasteiger partial charge in [-0.25, -0.2) is 8.78 Å². The quantitative estimate of drug-likeness (QED) is 0.152. The fourth-order valence-corrected chi connectivity index (χ4v) is 16.3. The fraction of sp³-hybridized carbons (Fsp3) is 0.0353. The van der Waals surface area contributed by atoms with Crippen LogP contribution in [0.3, 0.4) is 0 Å². The molecule has 0 saturated heterocycles. The molecule has 0 radical (unpaired) electrons. The number of para-hydroxylation sites is 8. The molecule has 1 atom stereocenters. The van der Waals surface area contributed by atoms with E-state index in [4.69, 9.17) is 0 Å². The monoisotopic (exact) mass is 1200 g/mol. The topological polar surface area (TPSA) is 29.6 Å². The van der Waals surface area contributed by atoms with Crippen molar-refractivity contribution in [2.75, 3.05) is 0 Å². The van der Waals surface area contributed by atoms with Crippen LogP contribution < -0.4 is 0 Å². The van der Waals surface area contributed by atoms with Gasteiger partial charge in [0.05, 0.1) is 67.1 Å². The number of aryl methyl sites for hydroxylation is 1. The zero-order chi connectivity index (χ0) is 61.3. The van der Waals surface area contributed by atoms with E-state index in [1.165, 1.54) is 66.3 Å². The summed E-state index contributed by atoms with van der Waals surface area (Å²) in [6, 6.07) is 98.7. The standard InChI is InChI=1S/C85H54F2N6/c1-51-42-84(92-80-46-55(88-72-26-10-2-18-59(72)60-19-3-11-27-73(60)88)34-38-67(80)68-39-35-56(47-81(68)92)89-74-28-12-4-20-61(74)62-21-5-13-29-75(62)89)85(50-71(51)52-43-53(86)45-54(87)44-52)93-82-48-57(90-76-30-14-6-22-63(76)64-23-7-15-31-77(64)90)36-40-69(82)70-41-37-58(49-83(70)93)91-78-32-16-8-24-65(78)66-25-9-17-33-79(66)91/h2-48,50,58H,49H2,1H3. The van der Waals surface area contributed by atoms with Crippen LogP contribution in [0.4, 0.5) is 8.78 Å². The highest BCUT2D eigenvalue weighted by atomic mass is 19.1. The number of hydrogen-bond acceptors (Lipinski definition) is 0. The first kappa shape index (κ1) is 51.8. The minimum Gasteiger partial charge on any atom is -0.333 e. The zero-order valence-corrected chi connectivity index (χ0v) is 50.4. The first-order valence-electron chi connectivity index (χ1n) is 31.9. The summed E-state index contributed by atoms with van der Waals surface area (Å²) >= 11 is 0. The lowest BCUT2D eigenvalue weighted by Crippen LogP contribution is -2.16. The van der Waals surface area contributed by atoms with Crippen LogP contribution in [0.1, 0.15) is 22.9 Å². The number of aromatic nitrogens is 6. The van der Waals surface area contributed by atoms with Crippen LogP contribution in [-0.2, 0) is 6.42 Å². The van der Waals surface area contributed by atoms with E-state index < -0.39 is 11.6 Å². The number of rotatable bonds is 7. The van der Waals surface area contributed by atoms with Gasteiger partial charge in [-0.05, 0) is 133 Å². The van der Waals surface area contributed by atoms with Gasteiger partial charge >= 0.3 is 0 Å². The number of nitrogens with zero attached hydrogens (tertiary/aromatic N) is 6. The Balaban J connectivity index is 0.934. The molecule has 19 aromatic rings. The van der Waals surface area contributed by atoms with Crippen LogP contribution in [0.5, 0.6) is 0 Å². The Labute approximate surface area is 531 Å². The SMILES string of the molecule is Cc1cc(-n2c3cc(-n4c5ccccc5c5ccccc54)ccc3c3ccc(-n4c5ccccc5c5ccccc54)cc32)c(-n2c3c(c4ccc(-n5c6ccccc6c6ccccc65)cc42)C=CC(n2c4ccccc4c4ccccc42)C3)cc1-c1cc(F)cc(F)c1. The Morgan fingerprint density at radius 3 is 1.04 bits per heavy atom. The summed E-state index contributed by atoms with van der Waals surface area (Å²) in [5, 5.41) is 12.8. The van der Waals surface area contributed by atoms with Crippen molar-refractivity contribution in [1.29, 1.82) is 0 Å². The van der Waals surface area contributed by atoms with E-state index in [9.17, 15) is 0 Å². The van der Waals surface area contributed by atoms with E-state index in [0.717, 1.165) is 123 Å². The Morgan fingerprint density at radius 2 is 0.634 bits per heavy atom. The van der Waals surface area contributed by atoms with Gasteiger partial charge in [-0.2, -0.15) is 0 Å².